The van der Waals surface area contributed by atoms with E-state index in [-0.39, 0.29) is 17.7 Å². The lowest BCUT2D eigenvalue weighted by atomic mass is 10.2. The van der Waals surface area contributed by atoms with Crippen LogP contribution >= 0.6 is 0 Å². The van der Waals surface area contributed by atoms with Gasteiger partial charge in [0, 0.05) is 38.4 Å². The number of nitrogens with one attached hydrogen (secondary N) is 1. The van der Waals surface area contributed by atoms with E-state index in [0.29, 0.717) is 23.8 Å². The van der Waals surface area contributed by atoms with Crippen LogP contribution in [0, 0.1) is 6.92 Å². The summed E-state index contributed by atoms with van der Waals surface area (Å²) in [6.07, 6.45) is 1.60. The molecule has 1 aromatic rings. The van der Waals surface area contributed by atoms with E-state index in [1.165, 1.54) is 6.92 Å². The Morgan fingerprint density at radius 3 is 2.43 bits per heavy atom. The number of aryl methyl sites for hydroxylation is 1. The summed E-state index contributed by atoms with van der Waals surface area (Å²) in [7, 11) is 0. The summed E-state index contributed by atoms with van der Waals surface area (Å²) >= 11 is 0. The van der Waals surface area contributed by atoms with Gasteiger partial charge < -0.3 is 10.2 Å². The third kappa shape index (κ3) is 4.72. The van der Waals surface area contributed by atoms with E-state index in [9.17, 15) is 9.59 Å². The third-order valence-corrected chi connectivity index (χ3v) is 3.82. The highest BCUT2D eigenvalue weighted by molar-refractivity contribution is 5.94. The average molecular weight is 319 g/mol. The number of nitrogens with zero attached hydrogens (tertiary/aromatic N) is 4. The predicted molar refractivity (Wildman–Crippen MR) is 88.7 cm³/mol. The molecule has 2 heterocycles. The lowest BCUT2D eigenvalue weighted by Crippen LogP contribution is -2.50. The second-order valence-corrected chi connectivity index (χ2v) is 6.21. The zero-order valence-corrected chi connectivity index (χ0v) is 14.3. The fourth-order valence-electron chi connectivity index (χ4n) is 2.63. The molecular weight excluding hydrogens is 294 g/mol. The maximum Gasteiger partial charge on any atom is 0.234 e. The quantitative estimate of drug-likeness (QED) is 0.802. The van der Waals surface area contributed by atoms with E-state index in [4.69, 9.17) is 0 Å². The van der Waals surface area contributed by atoms with Gasteiger partial charge in [-0.05, 0) is 27.7 Å². The smallest absolute Gasteiger partial charge is 0.234 e. The van der Waals surface area contributed by atoms with E-state index >= 15 is 0 Å². The van der Waals surface area contributed by atoms with Gasteiger partial charge in [0.2, 0.25) is 11.9 Å². The SMILES string of the molecule is CC(=O)c1cnc(N2CCN(CC(=O)NC(C)C)CC2)nc1C. The Bertz CT molecular complexity index is 580. The van der Waals surface area contributed by atoms with Crippen LogP contribution in [0.1, 0.15) is 36.8 Å². The molecule has 0 radical (unpaired) electrons. The fourth-order valence-corrected chi connectivity index (χ4v) is 2.63. The third-order valence-electron chi connectivity index (χ3n) is 3.82. The van der Waals surface area contributed by atoms with Crippen LogP contribution in [0.25, 0.3) is 0 Å². The van der Waals surface area contributed by atoms with Gasteiger partial charge >= 0.3 is 0 Å². The maximum absolute atomic E-state index is 11.8. The van der Waals surface area contributed by atoms with Gasteiger partial charge in [-0.25, -0.2) is 9.97 Å². The molecule has 0 unspecified atom stereocenters. The minimum absolute atomic E-state index is 0.0185. The van der Waals surface area contributed by atoms with Crippen molar-refractivity contribution in [2.24, 2.45) is 0 Å². The molecule has 0 spiro atoms. The number of aromatic nitrogens is 2. The largest absolute Gasteiger partial charge is 0.353 e. The molecule has 0 aliphatic carbocycles. The van der Waals surface area contributed by atoms with Crippen molar-refractivity contribution in [2.45, 2.75) is 33.7 Å². The normalized spacial score (nSPS) is 15.8. The molecule has 1 fully saturated rings. The van der Waals surface area contributed by atoms with E-state index in [2.05, 4.69) is 25.1 Å². The minimum atomic E-state index is -0.0185. The molecular formula is C16H25N5O2. The van der Waals surface area contributed by atoms with Crippen molar-refractivity contribution in [1.82, 2.24) is 20.2 Å². The first kappa shape index (κ1) is 17.3. The van der Waals surface area contributed by atoms with E-state index in [1.807, 2.05) is 20.8 Å². The molecule has 1 aliphatic rings. The highest BCUT2D eigenvalue weighted by atomic mass is 16.2. The zero-order chi connectivity index (χ0) is 17.0. The number of Topliss-reactive ketones (excluding diaryl/α,β-unsaturated/α-hetero) is 1. The van der Waals surface area contributed by atoms with Crippen LogP contribution in [0.3, 0.4) is 0 Å². The van der Waals surface area contributed by atoms with Crippen LogP contribution in [0.4, 0.5) is 5.95 Å². The molecule has 126 valence electrons. The summed E-state index contributed by atoms with van der Waals surface area (Å²) in [5, 5.41) is 2.91. The molecule has 0 aromatic carbocycles. The van der Waals surface area contributed by atoms with E-state index in [0.717, 1.165) is 26.2 Å². The van der Waals surface area contributed by atoms with Crippen molar-refractivity contribution in [2.75, 3.05) is 37.6 Å². The Morgan fingerprint density at radius 2 is 1.91 bits per heavy atom. The van der Waals surface area contributed by atoms with Gasteiger partial charge in [-0.2, -0.15) is 0 Å². The minimum Gasteiger partial charge on any atom is -0.353 e. The van der Waals surface area contributed by atoms with Gasteiger partial charge in [-0.1, -0.05) is 0 Å². The highest BCUT2D eigenvalue weighted by Crippen LogP contribution is 2.14. The van der Waals surface area contributed by atoms with Crippen LogP contribution in [0.5, 0.6) is 0 Å². The molecule has 1 N–H and O–H groups in total. The number of rotatable bonds is 5. The Kier molecular flexibility index (Phi) is 5.65. The molecule has 7 heteroatoms. The number of piperazine rings is 1. The van der Waals surface area contributed by atoms with E-state index in [1.54, 1.807) is 6.20 Å². The first-order valence-corrected chi connectivity index (χ1v) is 7.98. The van der Waals surface area contributed by atoms with Crippen molar-refractivity contribution in [3.8, 4) is 0 Å². The van der Waals surface area contributed by atoms with Crippen molar-refractivity contribution in [3.63, 3.8) is 0 Å². The number of anilines is 1. The zero-order valence-electron chi connectivity index (χ0n) is 14.3. The molecule has 2 rings (SSSR count). The molecule has 0 bridgehead atoms. The molecule has 1 amide bonds. The number of ketones is 1. The molecule has 1 aromatic heterocycles. The Balaban J connectivity index is 1.90. The van der Waals surface area contributed by atoms with Crippen molar-refractivity contribution < 1.29 is 9.59 Å². The Hall–Kier alpha value is -2.02. The van der Waals surface area contributed by atoms with E-state index < -0.39 is 0 Å². The van der Waals surface area contributed by atoms with Gasteiger partial charge in [0.25, 0.3) is 0 Å². The Morgan fingerprint density at radius 1 is 1.26 bits per heavy atom. The first-order valence-electron chi connectivity index (χ1n) is 7.98. The Labute approximate surface area is 137 Å². The molecule has 1 saturated heterocycles. The van der Waals surface area contributed by atoms with Crippen LogP contribution in [-0.2, 0) is 4.79 Å². The van der Waals surface area contributed by atoms with Crippen LogP contribution in [0.15, 0.2) is 6.20 Å². The number of hydrogen-bond acceptors (Lipinski definition) is 6. The standard InChI is InChI=1S/C16H25N5O2/c1-11(2)18-15(23)10-20-5-7-21(8-6-20)16-17-9-14(13(4)22)12(3)19-16/h9,11H,5-8,10H2,1-4H3,(H,18,23). The van der Waals surface area contributed by atoms with Gasteiger partial charge in [-0.15, -0.1) is 0 Å². The van der Waals surface area contributed by atoms with Crippen LogP contribution in [-0.4, -0.2) is 65.3 Å². The second kappa shape index (κ2) is 7.50. The molecule has 1 aliphatic heterocycles. The molecule has 0 saturated carbocycles. The van der Waals surface area contributed by atoms with Gasteiger partial charge in [-0.3, -0.25) is 14.5 Å². The summed E-state index contributed by atoms with van der Waals surface area (Å²) < 4.78 is 0. The van der Waals surface area contributed by atoms with Crippen molar-refractivity contribution in [3.05, 3.63) is 17.5 Å². The molecule has 23 heavy (non-hydrogen) atoms. The van der Waals surface area contributed by atoms with Gasteiger partial charge in [0.15, 0.2) is 5.78 Å². The van der Waals surface area contributed by atoms with Crippen molar-refractivity contribution in [1.29, 1.82) is 0 Å². The summed E-state index contributed by atoms with van der Waals surface area (Å²) in [4.78, 5) is 36.2. The molecule has 7 nitrogen and oxygen atoms in total. The van der Waals surface area contributed by atoms with Crippen LogP contribution in [0.2, 0.25) is 0 Å². The predicted octanol–water partition coefficient (Wildman–Crippen LogP) is 0.634. The second-order valence-electron chi connectivity index (χ2n) is 6.21. The summed E-state index contributed by atoms with van der Waals surface area (Å²) in [6, 6.07) is 0.167. The highest BCUT2D eigenvalue weighted by Gasteiger charge is 2.21. The number of carbonyl (C=O) groups is 2. The monoisotopic (exact) mass is 319 g/mol. The summed E-state index contributed by atoms with van der Waals surface area (Å²) in [5.74, 6) is 0.695. The molecule has 0 atom stereocenters. The number of hydrogen-bond donors (Lipinski definition) is 1. The average Bonchev–Trinajstić information content (AvgIpc) is 2.46. The van der Waals surface area contributed by atoms with Gasteiger partial charge in [0.1, 0.15) is 0 Å². The lowest BCUT2D eigenvalue weighted by molar-refractivity contribution is -0.122. The van der Waals surface area contributed by atoms with Crippen LogP contribution < -0.4 is 10.2 Å². The summed E-state index contributed by atoms with van der Waals surface area (Å²) in [6.45, 7) is 10.8. The number of carbonyl (C=O) groups excluding carboxylic acids is 2. The topological polar surface area (TPSA) is 78.4 Å². The fraction of sp³-hybridized carbons (Fsp3) is 0.625. The van der Waals surface area contributed by atoms with Gasteiger partial charge in [0.05, 0.1) is 17.8 Å². The van der Waals surface area contributed by atoms with Crippen molar-refractivity contribution >= 4 is 17.6 Å². The summed E-state index contributed by atoms with van der Waals surface area (Å²) in [5.41, 5.74) is 1.28. The number of amides is 1. The lowest BCUT2D eigenvalue weighted by Gasteiger charge is -2.34. The first-order chi connectivity index (χ1) is 10.9. The maximum atomic E-state index is 11.8.